The lowest BCUT2D eigenvalue weighted by Gasteiger charge is -2.12. The number of aliphatic carboxylic acids is 1. The van der Waals surface area contributed by atoms with Crippen LogP contribution in [0, 0.1) is 0 Å². The Labute approximate surface area is 97.6 Å². The molecule has 0 spiro atoms. The van der Waals surface area contributed by atoms with Gasteiger partial charge in [-0.15, -0.1) is 0 Å². The molecule has 0 heterocycles. The molecule has 6 heteroatoms. The molecule has 2 unspecified atom stereocenters. The minimum Gasteiger partial charge on any atom is -0.481 e. The standard InChI is InChI=1S/C10H18O5S/c1-3-8(10(13)15-4-2)16(14)7-5-6-9(11)12/h8H,3-7H2,1-2H3,(H,11,12). The van der Waals surface area contributed by atoms with Crippen LogP contribution in [0.2, 0.25) is 0 Å². The van der Waals surface area contributed by atoms with Gasteiger partial charge in [0.15, 0.2) is 0 Å². The fraction of sp³-hybridized carbons (Fsp3) is 0.800. The predicted octanol–water partition coefficient (Wildman–Crippen LogP) is 0.942. The topological polar surface area (TPSA) is 80.7 Å². The van der Waals surface area contributed by atoms with Crippen LogP contribution in [-0.4, -0.2) is 38.9 Å². The number of ether oxygens (including phenoxy) is 1. The lowest BCUT2D eigenvalue weighted by molar-refractivity contribution is -0.142. The van der Waals surface area contributed by atoms with Crippen molar-refractivity contribution in [3.8, 4) is 0 Å². The fourth-order valence-corrected chi connectivity index (χ4v) is 2.57. The zero-order valence-corrected chi connectivity index (χ0v) is 10.4. The fourth-order valence-electron chi connectivity index (χ4n) is 1.20. The summed E-state index contributed by atoms with van der Waals surface area (Å²) < 4.78 is 16.5. The van der Waals surface area contributed by atoms with Gasteiger partial charge in [-0.2, -0.15) is 0 Å². The summed E-state index contributed by atoms with van der Waals surface area (Å²) in [7, 11) is -1.34. The van der Waals surface area contributed by atoms with Crippen molar-refractivity contribution in [3.63, 3.8) is 0 Å². The van der Waals surface area contributed by atoms with E-state index in [1.807, 2.05) is 0 Å². The molecule has 0 radical (unpaired) electrons. The van der Waals surface area contributed by atoms with Gasteiger partial charge in [-0.05, 0) is 19.8 Å². The molecule has 0 aliphatic carbocycles. The summed E-state index contributed by atoms with van der Waals surface area (Å²) in [6.07, 6.45) is 0.737. The molecule has 94 valence electrons. The largest absolute Gasteiger partial charge is 0.481 e. The quantitative estimate of drug-likeness (QED) is 0.648. The maximum Gasteiger partial charge on any atom is 0.321 e. The van der Waals surface area contributed by atoms with Crippen LogP contribution in [0.3, 0.4) is 0 Å². The summed E-state index contributed by atoms with van der Waals surface area (Å²) in [6, 6.07) is 0. The zero-order chi connectivity index (χ0) is 12.6. The third kappa shape index (κ3) is 5.85. The molecule has 0 amide bonds. The third-order valence-corrected chi connectivity index (χ3v) is 3.83. The molecule has 0 aromatic rings. The van der Waals surface area contributed by atoms with E-state index in [1.54, 1.807) is 13.8 Å². The molecule has 0 fully saturated rings. The summed E-state index contributed by atoms with van der Waals surface area (Å²) in [4.78, 5) is 21.6. The molecule has 1 N–H and O–H groups in total. The Hall–Kier alpha value is -0.910. The van der Waals surface area contributed by atoms with E-state index in [9.17, 15) is 13.8 Å². The van der Waals surface area contributed by atoms with E-state index < -0.39 is 28.0 Å². The number of carbonyl (C=O) groups excluding carboxylic acids is 1. The minimum absolute atomic E-state index is 0.0228. The molecule has 5 nitrogen and oxygen atoms in total. The SMILES string of the molecule is CCOC(=O)C(CC)S(=O)CCCC(=O)O. The number of esters is 1. The van der Waals surface area contributed by atoms with Crippen LogP contribution in [0.25, 0.3) is 0 Å². The number of rotatable bonds is 8. The Balaban J connectivity index is 4.10. The van der Waals surface area contributed by atoms with Crippen LogP contribution in [-0.2, 0) is 25.1 Å². The van der Waals surface area contributed by atoms with Crippen LogP contribution < -0.4 is 0 Å². The highest BCUT2D eigenvalue weighted by molar-refractivity contribution is 7.86. The first-order chi connectivity index (χ1) is 7.52. The van der Waals surface area contributed by atoms with E-state index in [-0.39, 0.29) is 18.8 Å². The Bertz CT molecular complexity index is 264. The summed E-state index contributed by atoms with van der Waals surface area (Å²) in [6.45, 7) is 3.72. The van der Waals surface area contributed by atoms with Crippen molar-refractivity contribution >= 4 is 22.7 Å². The van der Waals surface area contributed by atoms with Crippen LogP contribution in [0.1, 0.15) is 33.1 Å². The number of carbonyl (C=O) groups is 2. The first kappa shape index (κ1) is 15.1. The highest BCUT2D eigenvalue weighted by Crippen LogP contribution is 2.07. The summed E-state index contributed by atoms with van der Waals surface area (Å²) in [5.41, 5.74) is 0. The lowest BCUT2D eigenvalue weighted by atomic mass is 10.3. The van der Waals surface area contributed by atoms with Crippen molar-refractivity contribution in [2.45, 2.75) is 38.4 Å². The van der Waals surface area contributed by atoms with Crippen molar-refractivity contribution in [3.05, 3.63) is 0 Å². The number of hydrogen-bond donors (Lipinski definition) is 1. The van der Waals surface area contributed by atoms with Gasteiger partial charge in [-0.1, -0.05) is 6.92 Å². The highest BCUT2D eigenvalue weighted by atomic mass is 32.2. The molecular formula is C10H18O5S. The Morgan fingerprint density at radius 2 is 2.00 bits per heavy atom. The summed E-state index contributed by atoms with van der Waals surface area (Å²) in [5.74, 6) is -1.15. The molecule has 0 aliphatic heterocycles. The van der Waals surface area contributed by atoms with Crippen molar-refractivity contribution in [1.29, 1.82) is 0 Å². The summed E-state index contributed by atoms with van der Waals surface area (Å²) in [5, 5.41) is 7.79. The molecular weight excluding hydrogens is 232 g/mol. The van der Waals surface area contributed by atoms with Gasteiger partial charge in [0, 0.05) is 23.0 Å². The number of carboxylic acid groups (broad SMARTS) is 1. The molecule has 0 rings (SSSR count). The van der Waals surface area contributed by atoms with E-state index in [4.69, 9.17) is 9.84 Å². The average molecular weight is 250 g/mol. The molecule has 0 aromatic heterocycles. The van der Waals surface area contributed by atoms with Crippen molar-refractivity contribution in [2.24, 2.45) is 0 Å². The van der Waals surface area contributed by atoms with Gasteiger partial charge in [-0.3, -0.25) is 13.8 Å². The second-order valence-corrected chi connectivity index (χ2v) is 4.97. The molecule has 0 saturated carbocycles. The van der Waals surface area contributed by atoms with Crippen molar-refractivity contribution in [1.82, 2.24) is 0 Å². The first-order valence-electron chi connectivity index (χ1n) is 5.28. The van der Waals surface area contributed by atoms with Crippen LogP contribution in [0.4, 0.5) is 0 Å². The van der Waals surface area contributed by atoms with Gasteiger partial charge in [0.05, 0.1) is 6.61 Å². The smallest absolute Gasteiger partial charge is 0.321 e. The molecule has 0 aliphatic rings. The van der Waals surface area contributed by atoms with Crippen molar-refractivity contribution < 1.29 is 23.6 Å². The van der Waals surface area contributed by atoms with Crippen LogP contribution >= 0.6 is 0 Å². The average Bonchev–Trinajstić information content (AvgIpc) is 2.18. The Morgan fingerprint density at radius 3 is 2.44 bits per heavy atom. The molecule has 0 saturated heterocycles. The van der Waals surface area contributed by atoms with Crippen molar-refractivity contribution in [2.75, 3.05) is 12.4 Å². The van der Waals surface area contributed by atoms with E-state index in [0.717, 1.165) is 0 Å². The lowest BCUT2D eigenvalue weighted by Crippen LogP contribution is -2.29. The van der Waals surface area contributed by atoms with Gasteiger partial charge in [0.25, 0.3) is 0 Å². The monoisotopic (exact) mass is 250 g/mol. The Morgan fingerprint density at radius 1 is 1.38 bits per heavy atom. The van der Waals surface area contributed by atoms with E-state index in [2.05, 4.69) is 0 Å². The number of carboxylic acids is 1. The van der Waals surface area contributed by atoms with Crippen LogP contribution in [0.15, 0.2) is 0 Å². The van der Waals surface area contributed by atoms with E-state index >= 15 is 0 Å². The van der Waals surface area contributed by atoms with E-state index in [1.165, 1.54) is 0 Å². The predicted molar refractivity (Wildman–Crippen MR) is 60.6 cm³/mol. The highest BCUT2D eigenvalue weighted by Gasteiger charge is 2.24. The second kappa shape index (κ2) is 8.27. The normalized spacial score (nSPS) is 14.1. The molecule has 0 aromatic carbocycles. The molecule has 2 atom stereocenters. The second-order valence-electron chi connectivity index (χ2n) is 3.23. The molecule has 16 heavy (non-hydrogen) atoms. The maximum absolute atomic E-state index is 11.7. The third-order valence-electron chi connectivity index (χ3n) is 1.97. The van der Waals surface area contributed by atoms with Gasteiger partial charge in [0.2, 0.25) is 0 Å². The van der Waals surface area contributed by atoms with E-state index in [0.29, 0.717) is 12.8 Å². The van der Waals surface area contributed by atoms with Crippen LogP contribution in [0.5, 0.6) is 0 Å². The first-order valence-corrected chi connectivity index (χ1v) is 6.66. The Kier molecular flexibility index (Phi) is 7.80. The van der Waals surface area contributed by atoms with Gasteiger partial charge in [-0.25, -0.2) is 0 Å². The maximum atomic E-state index is 11.7. The van der Waals surface area contributed by atoms with Gasteiger partial charge < -0.3 is 9.84 Å². The number of hydrogen-bond acceptors (Lipinski definition) is 4. The van der Waals surface area contributed by atoms with Gasteiger partial charge >= 0.3 is 11.9 Å². The summed E-state index contributed by atoms with van der Waals surface area (Å²) >= 11 is 0. The minimum atomic E-state index is -1.34. The molecule has 0 bridgehead atoms. The zero-order valence-electron chi connectivity index (χ0n) is 9.60. The van der Waals surface area contributed by atoms with Gasteiger partial charge in [0.1, 0.15) is 5.25 Å².